The van der Waals surface area contributed by atoms with Gasteiger partial charge < -0.3 is 14.2 Å². The third-order valence-corrected chi connectivity index (χ3v) is 8.87. The lowest BCUT2D eigenvalue weighted by molar-refractivity contribution is -0.118. The highest BCUT2D eigenvalue weighted by atomic mass is 16.5. The molecule has 6 bridgehead atoms. The topological polar surface area (TPSA) is 61.8 Å². The number of fused-ring (bicyclic) bond motifs is 6. The first kappa shape index (κ1) is 34.3. The van der Waals surface area contributed by atoms with Gasteiger partial charge in [-0.3, -0.25) is 9.59 Å². The Morgan fingerprint density at radius 3 is 0.778 bits per heavy atom. The second-order valence-corrected chi connectivity index (χ2v) is 15.7. The van der Waals surface area contributed by atoms with Gasteiger partial charge in [0.15, 0.2) is 0 Å². The van der Waals surface area contributed by atoms with Crippen LogP contribution in [0.3, 0.4) is 0 Å². The highest BCUT2D eigenvalue weighted by Gasteiger charge is 2.27. The highest BCUT2D eigenvalue weighted by Crippen LogP contribution is 2.39. The fraction of sp³-hybridized carbons (Fsp3) is 0.500. The molecule has 5 nitrogen and oxygen atoms in total. The molecule has 242 valence electrons. The summed E-state index contributed by atoms with van der Waals surface area (Å²) in [6.45, 7) is 19.6. The van der Waals surface area contributed by atoms with E-state index in [1.807, 2.05) is 0 Å². The molecule has 0 N–H and O–H groups in total. The lowest BCUT2D eigenvalue weighted by atomic mass is 9.80. The van der Waals surface area contributed by atoms with Crippen molar-refractivity contribution in [3.8, 4) is 17.2 Å². The summed E-state index contributed by atoms with van der Waals surface area (Å²) in [6, 6.07) is 12.8. The number of ketones is 2. The van der Waals surface area contributed by atoms with E-state index in [0.717, 1.165) is 61.6 Å². The van der Waals surface area contributed by atoms with Gasteiger partial charge in [0, 0.05) is 54.4 Å². The summed E-state index contributed by atoms with van der Waals surface area (Å²) in [5.41, 5.74) is 8.25. The van der Waals surface area contributed by atoms with Crippen molar-refractivity contribution in [1.29, 1.82) is 0 Å². The molecule has 45 heavy (non-hydrogen) atoms. The van der Waals surface area contributed by atoms with Crippen molar-refractivity contribution in [1.82, 2.24) is 0 Å². The number of ether oxygens (including phenoxy) is 3. The number of hydrogen-bond donors (Lipinski definition) is 0. The molecule has 0 saturated heterocycles. The van der Waals surface area contributed by atoms with Crippen LogP contribution in [-0.2, 0) is 57.9 Å². The zero-order valence-corrected chi connectivity index (χ0v) is 29.5. The van der Waals surface area contributed by atoms with Crippen LogP contribution in [0.25, 0.3) is 0 Å². The van der Waals surface area contributed by atoms with Crippen molar-refractivity contribution in [2.45, 2.75) is 111 Å². The van der Waals surface area contributed by atoms with E-state index in [0.29, 0.717) is 12.2 Å². The molecule has 0 unspecified atom stereocenters. The summed E-state index contributed by atoms with van der Waals surface area (Å²) in [7, 11) is 4.98. The van der Waals surface area contributed by atoms with E-state index in [4.69, 9.17) is 14.2 Å². The fourth-order valence-electron chi connectivity index (χ4n) is 6.32. The van der Waals surface area contributed by atoms with Crippen LogP contribution in [-0.4, -0.2) is 32.9 Å². The Kier molecular flexibility index (Phi) is 9.64. The summed E-state index contributed by atoms with van der Waals surface area (Å²) < 4.78 is 18.1. The average Bonchev–Trinajstić information content (AvgIpc) is 2.90. The molecule has 3 aromatic carbocycles. The SMILES string of the molecule is COc1c2cc(C(C)(C)C)cc1CC(=O)Cc1cc(C(C)(C)C)cc(c1OC)Cc1cc(C(C)(C)C)cc(c1OC)CC(=O)C2. The van der Waals surface area contributed by atoms with Gasteiger partial charge in [0.1, 0.15) is 28.8 Å². The van der Waals surface area contributed by atoms with E-state index in [1.165, 1.54) is 0 Å². The third-order valence-electron chi connectivity index (χ3n) is 8.87. The molecule has 0 aliphatic heterocycles. The molecule has 0 fully saturated rings. The molecule has 0 aromatic heterocycles. The Hall–Kier alpha value is -3.60. The van der Waals surface area contributed by atoms with E-state index >= 15 is 0 Å². The number of methoxy groups -OCH3 is 3. The van der Waals surface area contributed by atoms with Crippen LogP contribution in [0.5, 0.6) is 17.2 Å². The Labute approximate surface area is 270 Å². The molecule has 0 amide bonds. The molecule has 3 aromatic rings. The number of carbonyl (C=O) groups excluding carboxylic acids is 2. The molecule has 1 aliphatic rings. The normalized spacial score (nSPS) is 14.8. The van der Waals surface area contributed by atoms with E-state index in [9.17, 15) is 9.59 Å². The van der Waals surface area contributed by atoms with E-state index in [-0.39, 0.29) is 53.5 Å². The minimum absolute atomic E-state index is 0.0636. The number of Topliss-reactive ketones (excluding diaryl/α,β-unsaturated/α-hetero) is 2. The quantitative estimate of drug-likeness (QED) is 0.298. The van der Waals surface area contributed by atoms with Gasteiger partial charge in [0.05, 0.1) is 21.3 Å². The van der Waals surface area contributed by atoms with Gasteiger partial charge in [-0.15, -0.1) is 0 Å². The summed E-state index contributed by atoms with van der Waals surface area (Å²) in [6.07, 6.45) is 1.40. The van der Waals surface area contributed by atoms with Crippen molar-refractivity contribution in [3.05, 3.63) is 86.5 Å². The van der Waals surface area contributed by atoms with Crippen LogP contribution in [0.4, 0.5) is 0 Å². The molecule has 0 spiro atoms. The van der Waals surface area contributed by atoms with Crippen LogP contribution < -0.4 is 14.2 Å². The first-order valence-electron chi connectivity index (χ1n) is 16.0. The minimum Gasteiger partial charge on any atom is -0.496 e. The average molecular weight is 613 g/mol. The molecule has 0 radical (unpaired) electrons. The summed E-state index contributed by atoms with van der Waals surface area (Å²) in [4.78, 5) is 27.8. The van der Waals surface area contributed by atoms with E-state index < -0.39 is 0 Å². The molecule has 5 heteroatoms. The molecule has 0 atom stereocenters. The lowest BCUT2D eigenvalue weighted by Gasteiger charge is -2.26. The lowest BCUT2D eigenvalue weighted by Crippen LogP contribution is -2.19. The predicted molar refractivity (Wildman–Crippen MR) is 183 cm³/mol. The fourth-order valence-corrected chi connectivity index (χ4v) is 6.32. The van der Waals surface area contributed by atoms with Crippen LogP contribution >= 0.6 is 0 Å². The summed E-state index contributed by atoms with van der Waals surface area (Å²) in [5, 5.41) is 0. The predicted octanol–water partition coefficient (Wildman–Crippen LogP) is 8.22. The van der Waals surface area contributed by atoms with Crippen molar-refractivity contribution in [2.24, 2.45) is 0 Å². The first-order valence-corrected chi connectivity index (χ1v) is 16.0. The molecule has 0 saturated carbocycles. The maximum atomic E-state index is 13.9. The van der Waals surface area contributed by atoms with Gasteiger partial charge in [0.25, 0.3) is 0 Å². The monoisotopic (exact) mass is 612 g/mol. The molecule has 4 rings (SSSR count). The van der Waals surface area contributed by atoms with E-state index in [2.05, 4.69) is 98.7 Å². The van der Waals surface area contributed by atoms with Gasteiger partial charge in [-0.25, -0.2) is 0 Å². The zero-order chi connectivity index (χ0) is 33.5. The van der Waals surface area contributed by atoms with Gasteiger partial charge in [-0.05, 0) is 44.1 Å². The third kappa shape index (κ3) is 7.62. The molecular weight excluding hydrogens is 560 g/mol. The largest absolute Gasteiger partial charge is 0.496 e. The molecule has 1 aliphatic carbocycles. The number of carbonyl (C=O) groups is 2. The van der Waals surface area contributed by atoms with Crippen molar-refractivity contribution in [3.63, 3.8) is 0 Å². The van der Waals surface area contributed by atoms with Gasteiger partial charge in [-0.1, -0.05) is 98.7 Å². The Balaban J connectivity index is 2.07. The second-order valence-electron chi connectivity index (χ2n) is 15.7. The van der Waals surface area contributed by atoms with Crippen molar-refractivity contribution in [2.75, 3.05) is 21.3 Å². The number of rotatable bonds is 3. The number of benzene rings is 3. The van der Waals surface area contributed by atoms with Crippen LogP contribution in [0.1, 0.15) is 112 Å². The standard InChI is InChI=1S/C40H52O5/c1-38(2,3)30-14-24-13-25-15-31(39(4,5)6)17-27(36(25)44-11)21-34(42)23-29-19-32(40(7,8)9)18-28(37(29)45-12)22-33(41)20-26(16-30)35(24)43-10/h14-19H,13,20-23H2,1-12H3. The van der Waals surface area contributed by atoms with Gasteiger partial charge >= 0.3 is 0 Å². The van der Waals surface area contributed by atoms with Crippen LogP contribution in [0.2, 0.25) is 0 Å². The highest BCUT2D eigenvalue weighted by molar-refractivity contribution is 5.87. The Morgan fingerprint density at radius 1 is 0.400 bits per heavy atom. The van der Waals surface area contributed by atoms with Crippen LogP contribution in [0.15, 0.2) is 36.4 Å². The summed E-state index contributed by atoms with van der Waals surface area (Å²) in [5.74, 6) is 2.19. The van der Waals surface area contributed by atoms with Crippen LogP contribution in [0, 0.1) is 0 Å². The Morgan fingerprint density at radius 2 is 0.600 bits per heavy atom. The maximum Gasteiger partial charge on any atom is 0.141 e. The van der Waals surface area contributed by atoms with Gasteiger partial charge in [-0.2, -0.15) is 0 Å². The smallest absolute Gasteiger partial charge is 0.141 e. The second kappa shape index (κ2) is 12.7. The summed E-state index contributed by atoms with van der Waals surface area (Å²) >= 11 is 0. The Bertz CT molecular complexity index is 1500. The van der Waals surface area contributed by atoms with Crippen molar-refractivity contribution < 1.29 is 23.8 Å². The van der Waals surface area contributed by atoms with Crippen molar-refractivity contribution >= 4 is 11.6 Å². The van der Waals surface area contributed by atoms with Gasteiger partial charge in [0.2, 0.25) is 0 Å². The first-order chi connectivity index (χ1) is 20.8. The van der Waals surface area contributed by atoms with E-state index in [1.54, 1.807) is 21.3 Å². The molecule has 0 heterocycles. The molecular formula is C40H52O5. The minimum atomic E-state index is -0.180. The zero-order valence-electron chi connectivity index (χ0n) is 29.5. The number of hydrogen-bond acceptors (Lipinski definition) is 5. The maximum absolute atomic E-state index is 13.9.